The Morgan fingerprint density at radius 3 is 2.62 bits per heavy atom. The van der Waals surface area contributed by atoms with Gasteiger partial charge < -0.3 is 20.1 Å². The number of hydrogen-bond donors (Lipinski definition) is 2. The Labute approximate surface area is 188 Å². The fourth-order valence-corrected chi connectivity index (χ4v) is 2.91. The van der Waals surface area contributed by atoms with Crippen LogP contribution in [0.5, 0.6) is 5.75 Å². The molecule has 7 heteroatoms. The quantitative estimate of drug-likeness (QED) is 0.553. The van der Waals surface area contributed by atoms with Gasteiger partial charge in [0.05, 0.1) is 24.7 Å². The van der Waals surface area contributed by atoms with Crippen molar-refractivity contribution in [2.75, 3.05) is 31.4 Å². The van der Waals surface area contributed by atoms with Crippen molar-refractivity contribution in [3.05, 3.63) is 77.2 Å². The molecule has 0 aliphatic carbocycles. The molecule has 0 saturated carbocycles. The Balaban J connectivity index is 1.90. The van der Waals surface area contributed by atoms with Crippen LogP contribution in [-0.2, 0) is 4.74 Å². The maximum Gasteiger partial charge on any atom is 0.257 e. The normalized spacial score (nSPS) is 11.1. The second kappa shape index (κ2) is 10.9. The number of amides is 1. The summed E-state index contributed by atoms with van der Waals surface area (Å²) in [7, 11) is 3.47. The van der Waals surface area contributed by atoms with Crippen molar-refractivity contribution >= 4 is 17.4 Å². The fourth-order valence-electron chi connectivity index (χ4n) is 2.91. The van der Waals surface area contributed by atoms with Gasteiger partial charge in [0.15, 0.2) is 5.82 Å². The summed E-state index contributed by atoms with van der Waals surface area (Å²) in [5.41, 5.74) is 3.66. The van der Waals surface area contributed by atoms with Crippen molar-refractivity contribution < 1.29 is 14.3 Å². The average Bonchev–Trinajstić information content (AvgIpc) is 2.79. The van der Waals surface area contributed by atoms with Crippen molar-refractivity contribution in [2.45, 2.75) is 20.0 Å². The zero-order valence-corrected chi connectivity index (χ0v) is 18.6. The smallest absolute Gasteiger partial charge is 0.257 e. The SMILES string of the molecule is CNc1cccc(C#Cc2cc(O[C@@H](C)COC)cc(C(=O)Nc3cnc(C)cn3)c2)c1. The number of aromatic nitrogens is 2. The Morgan fingerprint density at radius 1 is 1.09 bits per heavy atom. The average molecular weight is 431 g/mol. The molecular weight excluding hydrogens is 404 g/mol. The first-order chi connectivity index (χ1) is 15.5. The lowest BCUT2D eigenvalue weighted by molar-refractivity contribution is 0.0917. The van der Waals surface area contributed by atoms with E-state index < -0.39 is 0 Å². The number of ether oxygens (including phenoxy) is 2. The number of nitrogens with zero attached hydrogens (tertiary/aromatic N) is 2. The minimum absolute atomic E-state index is 0.186. The highest BCUT2D eigenvalue weighted by atomic mass is 16.5. The van der Waals surface area contributed by atoms with Crippen LogP contribution >= 0.6 is 0 Å². The predicted octanol–water partition coefficient (Wildman–Crippen LogP) is 3.89. The van der Waals surface area contributed by atoms with E-state index in [1.807, 2.05) is 51.2 Å². The van der Waals surface area contributed by atoms with Gasteiger partial charge in [0.25, 0.3) is 5.91 Å². The topological polar surface area (TPSA) is 85.4 Å². The zero-order chi connectivity index (χ0) is 22.9. The molecule has 1 heterocycles. The first-order valence-corrected chi connectivity index (χ1v) is 10.2. The maximum absolute atomic E-state index is 12.9. The molecule has 164 valence electrons. The van der Waals surface area contributed by atoms with Gasteiger partial charge in [-0.05, 0) is 50.2 Å². The van der Waals surface area contributed by atoms with E-state index in [-0.39, 0.29) is 12.0 Å². The van der Waals surface area contributed by atoms with Crippen molar-refractivity contribution in [1.29, 1.82) is 0 Å². The highest BCUT2D eigenvalue weighted by Crippen LogP contribution is 2.20. The van der Waals surface area contributed by atoms with Crippen LogP contribution in [0, 0.1) is 18.8 Å². The summed E-state index contributed by atoms with van der Waals surface area (Å²) in [6.45, 7) is 4.15. The Bertz CT molecular complexity index is 1130. The van der Waals surface area contributed by atoms with Crippen LogP contribution in [0.2, 0.25) is 0 Å². The number of carbonyl (C=O) groups excluding carboxylic acids is 1. The van der Waals surface area contributed by atoms with E-state index in [1.165, 1.54) is 6.20 Å². The van der Waals surface area contributed by atoms with Crippen LogP contribution < -0.4 is 15.4 Å². The molecule has 1 aromatic heterocycles. The van der Waals surface area contributed by atoms with E-state index in [0.717, 1.165) is 16.9 Å². The van der Waals surface area contributed by atoms with Gasteiger partial charge in [-0.25, -0.2) is 4.98 Å². The van der Waals surface area contributed by atoms with Gasteiger partial charge >= 0.3 is 0 Å². The van der Waals surface area contributed by atoms with Crippen LogP contribution in [0.4, 0.5) is 11.5 Å². The summed E-state index contributed by atoms with van der Waals surface area (Å²) >= 11 is 0. The molecule has 0 saturated heterocycles. The Hall–Kier alpha value is -3.89. The largest absolute Gasteiger partial charge is 0.488 e. The monoisotopic (exact) mass is 430 g/mol. The van der Waals surface area contributed by atoms with Crippen LogP contribution in [-0.4, -0.2) is 42.7 Å². The van der Waals surface area contributed by atoms with Gasteiger partial charge in [0, 0.05) is 36.5 Å². The molecule has 2 aromatic carbocycles. The lowest BCUT2D eigenvalue weighted by Crippen LogP contribution is -2.19. The molecule has 0 aliphatic heterocycles. The summed E-state index contributed by atoms with van der Waals surface area (Å²) in [6.07, 6.45) is 2.93. The summed E-state index contributed by atoms with van der Waals surface area (Å²) < 4.78 is 11.1. The number of anilines is 2. The molecule has 0 aliphatic rings. The Kier molecular flexibility index (Phi) is 7.79. The molecule has 0 spiro atoms. The molecule has 0 bridgehead atoms. The number of aryl methyl sites for hydroxylation is 1. The van der Waals surface area contributed by atoms with Gasteiger partial charge in [-0.1, -0.05) is 17.9 Å². The molecule has 3 rings (SSSR count). The number of benzene rings is 2. The third kappa shape index (κ3) is 6.56. The van der Waals surface area contributed by atoms with Crippen molar-refractivity contribution in [2.24, 2.45) is 0 Å². The lowest BCUT2D eigenvalue weighted by Gasteiger charge is -2.15. The van der Waals surface area contributed by atoms with E-state index in [0.29, 0.717) is 29.3 Å². The summed E-state index contributed by atoms with van der Waals surface area (Å²) in [4.78, 5) is 21.2. The summed E-state index contributed by atoms with van der Waals surface area (Å²) in [5.74, 6) is 6.85. The molecule has 3 aromatic rings. The number of methoxy groups -OCH3 is 1. The Morgan fingerprint density at radius 2 is 1.91 bits per heavy atom. The molecule has 0 fully saturated rings. The van der Waals surface area contributed by atoms with E-state index in [9.17, 15) is 4.79 Å². The molecule has 32 heavy (non-hydrogen) atoms. The first kappa shape index (κ1) is 22.8. The minimum atomic E-state index is -0.326. The van der Waals surface area contributed by atoms with Crippen LogP contribution in [0.3, 0.4) is 0 Å². The predicted molar refractivity (Wildman–Crippen MR) is 125 cm³/mol. The molecular formula is C25H26N4O3. The van der Waals surface area contributed by atoms with E-state index in [2.05, 4.69) is 32.4 Å². The minimum Gasteiger partial charge on any atom is -0.488 e. The highest BCUT2D eigenvalue weighted by Gasteiger charge is 2.12. The fraction of sp³-hybridized carbons (Fsp3) is 0.240. The van der Waals surface area contributed by atoms with Crippen molar-refractivity contribution in [1.82, 2.24) is 9.97 Å². The van der Waals surface area contributed by atoms with Crippen molar-refractivity contribution in [3.63, 3.8) is 0 Å². The summed E-state index contributed by atoms with van der Waals surface area (Å²) in [6, 6.07) is 13.0. The van der Waals surface area contributed by atoms with Crippen LogP contribution in [0.15, 0.2) is 54.9 Å². The first-order valence-electron chi connectivity index (χ1n) is 10.2. The molecule has 2 N–H and O–H groups in total. The van der Waals surface area contributed by atoms with Gasteiger partial charge in [-0.15, -0.1) is 0 Å². The van der Waals surface area contributed by atoms with Crippen molar-refractivity contribution in [3.8, 4) is 17.6 Å². The van der Waals surface area contributed by atoms with Gasteiger partial charge in [0.1, 0.15) is 11.9 Å². The number of carbonyl (C=O) groups is 1. The van der Waals surface area contributed by atoms with E-state index in [4.69, 9.17) is 9.47 Å². The van der Waals surface area contributed by atoms with E-state index in [1.54, 1.807) is 25.4 Å². The maximum atomic E-state index is 12.9. The third-order valence-electron chi connectivity index (χ3n) is 4.43. The number of hydrogen-bond acceptors (Lipinski definition) is 6. The van der Waals surface area contributed by atoms with Crippen LogP contribution in [0.25, 0.3) is 0 Å². The van der Waals surface area contributed by atoms with Gasteiger partial charge in [-0.2, -0.15) is 0 Å². The second-order valence-electron chi connectivity index (χ2n) is 7.21. The molecule has 7 nitrogen and oxygen atoms in total. The zero-order valence-electron chi connectivity index (χ0n) is 18.6. The third-order valence-corrected chi connectivity index (χ3v) is 4.43. The molecule has 0 unspecified atom stereocenters. The molecule has 1 atom stereocenters. The summed E-state index contributed by atoms with van der Waals surface area (Å²) in [5, 5.41) is 5.85. The van der Waals surface area contributed by atoms with Crippen LogP contribution in [0.1, 0.15) is 34.1 Å². The lowest BCUT2D eigenvalue weighted by atomic mass is 10.1. The van der Waals surface area contributed by atoms with Gasteiger partial charge in [-0.3, -0.25) is 9.78 Å². The number of rotatable bonds is 7. The highest BCUT2D eigenvalue weighted by molar-refractivity contribution is 6.04. The number of nitrogens with one attached hydrogen (secondary N) is 2. The van der Waals surface area contributed by atoms with Gasteiger partial charge in [0.2, 0.25) is 0 Å². The molecule has 0 radical (unpaired) electrons. The second-order valence-corrected chi connectivity index (χ2v) is 7.21. The van der Waals surface area contributed by atoms with E-state index >= 15 is 0 Å². The molecule has 1 amide bonds. The standard InChI is InChI=1S/C25H26N4O3/c1-17-14-28-24(15-27-17)29-25(30)21-10-20(12-23(13-21)32-18(2)16-31-4)9-8-19-6-5-7-22(11-19)26-3/h5-7,10-15,18,26H,16H2,1-4H3,(H,28,29,30)/t18-/m0/s1.